The second kappa shape index (κ2) is 6.46. The number of hydrogen-bond acceptors (Lipinski definition) is 6. The first kappa shape index (κ1) is 17.7. The van der Waals surface area contributed by atoms with Crippen molar-refractivity contribution < 1.29 is 19.2 Å². The number of aryl methyl sites for hydroxylation is 1. The van der Waals surface area contributed by atoms with E-state index in [2.05, 4.69) is 5.10 Å². The van der Waals surface area contributed by atoms with E-state index in [9.17, 15) is 19.7 Å². The standard InChI is InChI=1S/C14H21N5O5/c1-14(2,3)24-13(21)17-6-5-7-18(11(20)9-17)12-10(19(22)23)8-15-16(12)4/h8H,5-7,9H2,1-4H3. The number of anilines is 1. The summed E-state index contributed by atoms with van der Waals surface area (Å²) < 4.78 is 6.57. The molecule has 0 aliphatic carbocycles. The fourth-order valence-electron chi connectivity index (χ4n) is 2.44. The van der Waals surface area contributed by atoms with E-state index >= 15 is 0 Å². The third-order valence-electron chi connectivity index (χ3n) is 3.43. The highest BCUT2D eigenvalue weighted by Gasteiger charge is 2.33. The van der Waals surface area contributed by atoms with Gasteiger partial charge in [-0.05, 0) is 27.2 Å². The molecule has 1 aliphatic rings. The van der Waals surface area contributed by atoms with Gasteiger partial charge in [-0.1, -0.05) is 0 Å². The normalized spacial score (nSPS) is 16.1. The maximum absolute atomic E-state index is 12.5. The molecule has 0 N–H and O–H groups in total. The Morgan fingerprint density at radius 3 is 2.62 bits per heavy atom. The van der Waals surface area contributed by atoms with Crippen LogP contribution >= 0.6 is 0 Å². The first-order chi connectivity index (χ1) is 11.1. The van der Waals surface area contributed by atoms with Crippen molar-refractivity contribution in [3.05, 3.63) is 16.3 Å². The Morgan fingerprint density at radius 2 is 2.04 bits per heavy atom. The molecular weight excluding hydrogens is 318 g/mol. The molecule has 1 aromatic heterocycles. The summed E-state index contributed by atoms with van der Waals surface area (Å²) >= 11 is 0. The summed E-state index contributed by atoms with van der Waals surface area (Å²) in [7, 11) is 1.53. The van der Waals surface area contributed by atoms with E-state index in [0.29, 0.717) is 13.0 Å². The van der Waals surface area contributed by atoms with Crippen molar-refractivity contribution in [2.24, 2.45) is 7.05 Å². The zero-order valence-electron chi connectivity index (χ0n) is 14.2. The number of carbonyl (C=O) groups excluding carboxylic acids is 2. The van der Waals surface area contributed by atoms with Gasteiger partial charge >= 0.3 is 11.8 Å². The molecule has 0 atom stereocenters. The summed E-state index contributed by atoms with van der Waals surface area (Å²) in [6.07, 6.45) is 1.02. The van der Waals surface area contributed by atoms with Gasteiger partial charge in [-0.25, -0.2) is 9.48 Å². The second-order valence-corrected chi connectivity index (χ2v) is 6.53. The van der Waals surface area contributed by atoms with E-state index in [-0.39, 0.29) is 24.6 Å². The van der Waals surface area contributed by atoms with Crippen LogP contribution in [0.25, 0.3) is 0 Å². The van der Waals surface area contributed by atoms with Crippen LogP contribution in [-0.4, -0.2) is 56.8 Å². The topological polar surface area (TPSA) is 111 Å². The average Bonchev–Trinajstić information content (AvgIpc) is 2.71. The molecule has 2 amide bonds. The van der Waals surface area contributed by atoms with Crippen molar-refractivity contribution in [2.75, 3.05) is 24.5 Å². The molecule has 0 saturated carbocycles. The Labute approximate surface area is 139 Å². The van der Waals surface area contributed by atoms with Gasteiger partial charge < -0.3 is 4.74 Å². The molecule has 1 aliphatic heterocycles. The Hall–Kier alpha value is -2.65. The van der Waals surface area contributed by atoms with Gasteiger partial charge in [-0.15, -0.1) is 0 Å². The van der Waals surface area contributed by atoms with Crippen molar-refractivity contribution in [3.8, 4) is 0 Å². The van der Waals surface area contributed by atoms with Gasteiger partial charge in [0.05, 0.1) is 4.92 Å². The fourth-order valence-corrected chi connectivity index (χ4v) is 2.44. The largest absolute Gasteiger partial charge is 0.444 e. The number of carbonyl (C=O) groups is 2. The highest BCUT2D eigenvalue weighted by atomic mass is 16.6. The lowest BCUT2D eigenvalue weighted by Crippen LogP contribution is -2.42. The van der Waals surface area contributed by atoms with E-state index in [1.807, 2.05) is 0 Å². The van der Waals surface area contributed by atoms with Gasteiger partial charge in [-0.3, -0.25) is 24.7 Å². The van der Waals surface area contributed by atoms with Crippen LogP contribution < -0.4 is 4.90 Å². The molecule has 1 fully saturated rings. The third kappa shape index (κ3) is 3.81. The lowest BCUT2D eigenvalue weighted by atomic mass is 10.2. The van der Waals surface area contributed by atoms with Gasteiger partial charge in [0.25, 0.3) is 0 Å². The quantitative estimate of drug-likeness (QED) is 0.593. The Morgan fingerprint density at radius 1 is 1.38 bits per heavy atom. The van der Waals surface area contributed by atoms with Crippen LogP contribution in [0.5, 0.6) is 0 Å². The Kier molecular flexibility index (Phi) is 4.76. The fraction of sp³-hybridized carbons (Fsp3) is 0.643. The number of rotatable bonds is 2. The molecule has 2 rings (SSSR count). The molecule has 1 saturated heterocycles. The number of hydrogen-bond donors (Lipinski definition) is 0. The predicted octanol–water partition coefficient (Wildman–Crippen LogP) is 1.30. The summed E-state index contributed by atoms with van der Waals surface area (Å²) in [5, 5.41) is 15.0. The molecule has 0 unspecified atom stereocenters. The first-order valence-electron chi connectivity index (χ1n) is 7.55. The van der Waals surface area contributed by atoms with Crippen molar-refractivity contribution in [1.82, 2.24) is 14.7 Å². The molecule has 0 radical (unpaired) electrons. The number of nitrogens with zero attached hydrogens (tertiary/aromatic N) is 5. The molecule has 24 heavy (non-hydrogen) atoms. The summed E-state index contributed by atoms with van der Waals surface area (Å²) in [6, 6.07) is 0. The first-order valence-corrected chi connectivity index (χ1v) is 7.55. The third-order valence-corrected chi connectivity index (χ3v) is 3.43. The molecule has 132 valence electrons. The summed E-state index contributed by atoms with van der Waals surface area (Å²) in [5.74, 6) is -0.291. The van der Waals surface area contributed by atoms with Crippen molar-refractivity contribution in [1.29, 1.82) is 0 Å². The maximum atomic E-state index is 12.5. The maximum Gasteiger partial charge on any atom is 0.410 e. The Bertz CT molecular complexity index is 663. The van der Waals surface area contributed by atoms with Crippen LogP contribution in [0, 0.1) is 10.1 Å². The van der Waals surface area contributed by atoms with Crippen LogP contribution in [0.15, 0.2) is 6.20 Å². The lowest BCUT2D eigenvalue weighted by molar-refractivity contribution is -0.384. The minimum atomic E-state index is -0.660. The highest BCUT2D eigenvalue weighted by molar-refractivity contribution is 5.97. The van der Waals surface area contributed by atoms with Crippen molar-refractivity contribution in [3.63, 3.8) is 0 Å². The SMILES string of the molecule is Cn1ncc([N+](=O)[O-])c1N1CCCN(C(=O)OC(C)(C)C)CC1=O. The van der Waals surface area contributed by atoms with Gasteiger partial charge in [0.1, 0.15) is 18.3 Å². The average molecular weight is 339 g/mol. The number of aromatic nitrogens is 2. The zero-order valence-corrected chi connectivity index (χ0v) is 14.2. The predicted molar refractivity (Wildman–Crippen MR) is 84.6 cm³/mol. The van der Waals surface area contributed by atoms with E-state index in [0.717, 1.165) is 6.20 Å². The molecule has 10 heteroatoms. The van der Waals surface area contributed by atoms with Crippen molar-refractivity contribution >= 4 is 23.5 Å². The smallest absolute Gasteiger partial charge is 0.410 e. The molecule has 0 spiro atoms. The number of nitro groups is 1. The van der Waals surface area contributed by atoms with Gasteiger partial charge in [-0.2, -0.15) is 5.10 Å². The molecule has 1 aromatic rings. The Balaban J connectivity index is 2.20. The second-order valence-electron chi connectivity index (χ2n) is 6.53. The minimum absolute atomic E-state index is 0.121. The summed E-state index contributed by atoms with van der Waals surface area (Å²) in [5.41, 5.74) is -0.899. The van der Waals surface area contributed by atoms with Crippen LogP contribution in [0.2, 0.25) is 0 Å². The summed E-state index contributed by atoms with van der Waals surface area (Å²) in [4.78, 5) is 37.9. The van der Waals surface area contributed by atoms with Crippen LogP contribution in [0.1, 0.15) is 27.2 Å². The molecule has 0 aromatic carbocycles. The van der Waals surface area contributed by atoms with Gasteiger partial charge in [0.15, 0.2) is 0 Å². The van der Waals surface area contributed by atoms with Crippen molar-refractivity contribution in [2.45, 2.75) is 32.8 Å². The molecule has 2 heterocycles. The minimum Gasteiger partial charge on any atom is -0.444 e. The molecular formula is C14H21N5O5. The van der Waals surface area contributed by atoms with E-state index < -0.39 is 22.5 Å². The van der Waals surface area contributed by atoms with Crippen LogP contribution in [0.4, 0.5) is 16.3 Å². The van der Waals surface area contributed by atoms with Gasteiger partial charge in [0, 0.05) is 20.1 Å². The lowest BCUT2D eigenvalue weighted by Gasteiger charge is -2.26. The number of amides is 2. The van der Waals surface area contributed by atoms with Crippen LogP contribution in [-0.2, 0) is 16.6 Å². The zero-order chi connectivity index (χ0) is 18.1. The van der Waals surface area contributed by atoms with E-state index in [4.69, 9.17) is 4.74 Å². The summed E-state index contributed by atoms with van der Waals surface area (Å²) in [6.45, 7) is 5.64. The van der Waals surface area contributed by atoms with Crippen LogP contribution in [0.3, 0.4) is 0 Å². The molecule has 10 nitrogen and oxygen atoms in total. The van der Waals surface area contributed by atoms with Gasteiger partial charge in [0.2, 0.25) is 11.7 Å². The number of ether oxygens (including phenoxy) is 1. The molecule has 0 bridgehead atoms. The monoisotopic (exact) mass is 339 g/mol. The highest BCUT2D eigenvalue weighted by Crippen LogP contribution is 2.28. The van der Waals surface area contributed by atoms with E-state index in [1.165, 1.54) is 21.5 Å². The van der Waals surface area contributed by atoms with E-state index in [1.54, 1.807) is 20.8 Å².